The van der Waals surface area contributed by atoms with E-state index in [4.69, 9.17) is 23.2 Å². The number of rotatable bonds is 5. The molecule has 0 bridgehead atoms. The number of aryl methyl sites for hydroxylation is 1. The maximum Gasteiger partial charge on any atom is 0.285 e. The molecule has 0 aliphatic rings. The highest BCUT2D eigenvalue weighted by Crippen LogP contribution is 2.28. The molecule has 2 rings (SSSR count). The van der Waals surface area contributed by atoms with Crippen LogP contribution in [-0.4, -0.2) is 20.6 Å². The van der Waals surface area contributed by atoms with E-state index >= 15 is 0 Å². The van der Waals surface area contributed by atoms with Gasteiger partial charge in [0, 0.05) is 10.7 Å². The lowest BCUT2D eigenvalue weighted by atomic mass is 10.1. The number of aliphatic imine (C=N–C) groups is 1. The van der Waals surface area contributed by atoms with Gasteiger partial charge < -0.3 is 5.32 Å². The largest absolute Gasteiger partial charge is 0.324 e. The summed E-state index contributed by atoms with van der Waals surface area (Å²) in [6.45, 7) is 2.03. The minimum absolute atomic E-state index is 0.0443. The highest BCUT2D eigenvalue weighted by atomic mass is 35.5. The summed E-state index contributed by atoms with van der Waals surface area (Å²) in [6.07, 6.45) is 1.77. The molecule has 0 saturated heterocycles. The zero-order valence-electron chi connectivity index (χ0n) is 13.6. The van der Waals surface area contributed by atoms with Gasteiger partial charge in [0.05, 0.1) is 17.0 Å². The lowest BCUT2D eigenvalue weighted by Crippen LogP contribution is -2.32. The van der Waals surface area contributed by atoms with Gasteiger partial charge in [-0.2, -0.15) is 8.42 Å². The van der Waals surface area contributed by atoms with Gasteiger partial charge in [-0.25, -0.2) is 10.5 Å². The Kier molecular flexibility index (Phi) is 6.66. The first kappa shape index (κ1) is 19.5. The lowest BCUT2D eigenvalue weighted by Gasteiger charge is -2.12. The molecule has 0 radical (unpaired) electrons. The Bertz CT molecular complexity index is 886. The van der Waals surface area contributed by atoms with E-state index in [2.05, 4.69) is 20.1 Å². The molecule has 0 aliphatic carbocycles. The monoisotopic (exact) mass is 401 g/mol. The van der Waals surface area contributed by atoms with Crippen molar-refractivity contribution in [3.8, 4) is 0 Å². The molecule has 6 nitrogen and oxygen atoms in total. The van der Waals surface area contributed by atoms with Crippen molar-refractivity contribution in [2.75, 3.05) is 11.6 Å². The van der Waals surface area contributed by atoms with Gasteiger partial charge in [0.1, 0.15) is 0 Å². The fourth-order valence-electron chi connectivity index (χ4n) is 1.89. The standard InChI is InChI=1S/C16H17Cl2N3O3S/c1-3-11-5-4-6-13(9-11)19-16(21-24-25(2,22)23)20-15-10-12(17)7-8-14(15)18/h4-10H,3H2,1-2H3,(H2,19,20,21). The molecule has 2 aromatic carbocycles. The fraction of sp³-hybridized carbons (Fsp3) is 0.188. The normalized spacial score (nSPS) is 12.1. The SMILES string of the molecule is CCc1cccc(NC(=Nc2cc(Cl)ccc2Cl)NOS(C)(=O)=O)c1. The van der Waals surface area contributed by atoms with Crippen LogP contribution in [-0.2, 0) is 20.8 Å². The molecule has 2 aromatic rings. The maximum absolute atomic E-state index is 11.2. The van der Waals surface area contributed by atoms with Crippen LogP contribution < -0.4 is 10.8 Å². The summed E-state index contributed by atoms with van der Waals surface area (Å²) < 4.78 is 27.1. The first-order chi connectivity index (χ1) is 11.8. The molecule has 134 valence electrons. The third-order valence-electron chi connectivity index (χ3n) is 3.03. The van der Waals surface area contributed by atoms with Gasteiger partial charge in [-0.1, -0.05) is 42.3 Å². The molecule has 0 aliphatic heterocycles. The second kappa shape index (κ2) is 8.53. The quantitative estimate of drug-likeness (QED) is 0.447. The van der Waals surface area contributed by atoms with Crippen molar-refractivity contribution in [2.45, 2.75) is 13.3 Å². The van der Waals surface area contributed by atoms with E-state index in [-0.39, 0.29) is 5.96 Å². The summed E-state index contributed by atoms with van der Waals surface area (Å²) in [6, 6.07) is 12.4. The molecule has 2 N–H and O–H groups in total. The number of anilines is 1. The van der Waals surface area contributed by atoms with E-state index in [9.17, 15) is 8.42 Å². The van der Waals surface area contributed by atoms with E-state index in [0.29, 0.717) is 21.4 Å². The Morgan fingerprint density at radius 1 is 1.20 bits per heavy atom. The van der Waals surface area contributed by atoms with Gasteiger partial charge in [0.15, 0.2) is 0 Å². The number of halogens is 2. The summed E-state index contributed by atoms with van der Waals surface area (Å²) in [4.78, 5) is 4.26. The fourth-order valence-corrected chi connectivity index (χ4v) is 2.45. The van der Waals surface area contributed by atoms with Gasteiger partial charge in [-0.15, -0.1) is 4.28 Å². The van der Waals surface area contributed by atoms with Crippen LogP contribution in [0.1, 0.15) is 12.5 Å². The molecule has 9 heteroatoms. The Labute approximate surface area is 156 Å². The number of benzene rings is 2. The molecule has 0 fully saturated rings. The lowest BCUT2D eigenvalue weighted by molar-refractivity contribution is 0.271. The van der Waals surface area contributed by atoms with Crippen molar-refractivity contribution in [1.82, 2.24) is 5.48 Å². The predicted molar refractivity (Wildman–Crippen MR) is 102 cm³/mol. The molecule has 0 amide bonds. The average molecular weight is 402 g/mol. The zero-order valence-corrected chi connectivity index (χ0v) is 15.9. The molecule has 0 atom stereocenters. The van der Waals surface area contributed by atoms with E-state index < -0.39 is 10.1 Å². The molecular weight excluding hydrogens is 385 g/mol. The summed E-state index contributed by atoms with van der Waals surface area (Å²) in [7, 11) is -3.73. The first-order valence-corrected chi connectivity index (χ1v) is 9.88. The van der Waals surface area contributed by atoms with Crippen molar-refractivity contribution in [2.24, 2.45) is 4.99 Å². The van der Waals surface area contributed by atoms with Crippen molar-refractivity contribution in [3.05, 3.63) is 58.1 Å². The second-order valence-corrected chi connectivity index (χ2v) is 7.54. The summed E-state index contributed by atoms with van der Waals surface area (Å²) in [5.74, 6) is 0.0443. The van der Waals surface area contributed by atoms with Crippen LogP contribution in [0.15, 0.2) is 47.5 Å². The van der Waals surface area contributed by atoms with Crippen LogP contribution in [0.5, 0.6) is 0 Å². The topological polar surface area (TPSA) is 79.8 Å². The average Bonchev–Trinajstić information content (AvgIpc) is 2.55. The number of nitrogens with zero attached hydrogens (tertiary/aromatic N) is 1. The smallest absolute Gasteiger partial charge is 0.285 e. The Morgan fingerprint density at radius 2 is 1.96 bits per heavy atom. The number of hydrogen-bond donors (Lipinski definition) is 2. The summed E-state index contributed by atoms with van der Waals surface area (Å²) in [5.41, 5.74) is 4.46. The van der Waals surface area contributed by atoms with Crippen LogP contribution in [0.2, 0.25) is 10.0 Å². The zero-order chi connectivity index (χ0) is 18.4. The van der Waals surface area contributed by atoms with Crippen molar-refractivity contribution >= 4 is 50.7 Å². The van der Waals surface area contributed by atoms with E-state index in [1.807, 2.05) is 31.2 Å². The first-order valence-electron chi connectivity index (χ1n) is 7.31. The van der Waals surface area contributed by atoms with Crippen LogP contribution in [0.25, 0.3) is 0 Å². The van der Waals surface area contributed by atoms with Crippen LogP contribution in [0.4, 0.5) is 11.4 Å². The molecule has 25 heavy (non-hydrogen) atoms. The maximum atomic E-state index is 11.2. The van der Waals surface area contributed by atoms with Gasteiger partial charge in [-0.3, -0.25) is 0 Å². The summed E-state index contributed by atoms with van der Waals surface area (Å²) >= 11 is 12.1. The van der Waals surface area contributed by atoms with Gasteiger partial charge >= 0.3 is 0 Å². The van der Waals surface area contributed by atoms with Crippen LogP contribution in [0.3, 0.4) is 0 Å². The van der Waals surface area contributed by atoms with E-state index in [1.165, 1.54) is 0 Å². The van der Waals surface area contributed by atoms with Crippen molar-refractivity contribution in [1.29, 1.82) is 0 Å². The number of nitrogens with one attached hydrogen (secondary N) is 2. The molecule has 0 spiro atoms. The molecular formula is C16H17Cl2N3O3S. The van der Waals surface area contributed by atoms with Gasteiger partial charge in [0.2, 0.25) is 5.96 Å². The third-order valence-corrected chi connectivity index (χ3v) is 3.97. The van der Waals surface area contributed by atoms with Crippen molar-refractivity contribution < 1.29 is 12.7 Å². The number of hydrogen-bond acceptors (Lipinski definition) is 4. The number of hydroxylamine groups is 1. The molecule has 0 unspecified atom stereocenters. The van der Waals surface area contributed by atoms with Crippen LogP contribution >= 0.6 is 23.2 Å². The Hall–Kier alpha value is -1.80. The highest BCUT2D eigenvalue weighted by molar-refractivity contribution is 7.85. The number of guanidine groups is 1. The molecule has 0 aromatic heterocycles. The van der Waals surface area contributed by atoms with Crippen LogP contribution in [0, 0.1) is 0 Å². The third kappa shape index (κ3) is 6.55. The molecule has 0 heterocycles. The minimum Gasteiger partial charge on any atom is -0.324 e. The Morgan fingerprint density at radius 3 is 2.64 bits per heavy atom. The minimum atomic E-state index is -3.73. The predicted octanol–water partition coefficient (Wildman–Crippen LogP) is 4.14. The second-order valence-electron chi connectivity index (χ2n) is 5.12. The van der Waals surface area contributed by atoms with Gasteiger partial charge in [0.25, 0.3) is 10.1 Å². The molecule has 0 saturated carbocycles. The van der Waals surface area contributed by atoms with E-state index in [0.717, 1.165) is 18.2 Å². The highest BCUT2D eigenvalue weighted by Gasteiger charge is 2.09. The van der Waals surface area contributed by atoms with Crippen molar-refractivity contribution in [3.63, 3.8) is 0 Å². The van der Waals surface area contributed by atoms with E-state index in [1.54, 1.807) is 18.2 Å². The summed E-state index contributed by atoms with van der Waals surface area (Å²) in [5, 5.41) is 3.77. The Balaban J connectivity index is 2.34. The van der Waals surface area contributed by atoms with Gasteiger partial charge in [-0.05, 0) is 42.3 Å².